The van der Waals surface area contributed by atoms with Gasteiger partial charge >= 0.3 is 5.97 Å². The van der Waals surface area contributed by atoms with Gasteiger partial charge in [-0.15, -0.1) is 24.2 Å². The lowest BCUT2D eigenvalue weighted by molar-refractivity contribution is -0.116. The molecule has 0 aliphatic heterocycles. The third-order valence-electron chi connectivity index (χ3n) is 2.15. The minimum Gasteiger partial charge on any atom is -0.462 e. The molecule has 1 rings (SSSR count). The molecule has 0 aliphatic rings. The molecule has 0 aliphatic carbocycles. The van der Waals surface area contributed by atoms with Crippen LogP contribution in [0.5, 0.6) is 0 Å². The Labute approximate surface area is 111 Å². The number of alkyl halides is 1. The van der Waals surface area contributed by atoms with Gasteiger partial charge in [-0.3, -0.25) is 4.79 Å². The largest absolute Gasteiger partial charge is 0.462 e. The number of Topliss-reactive ketones (excluding diaryl/α,β-unsaturated/α-hetero) is 1. The highest BCUT2D eigenvalue weighted by molar-refractivity contribution is 7.80. The van der Waals surface area contributed by atoms with Crippen LogP contribution in [0.2, 0.25) is 0 Å². The first-order valence-electron chi connectivity index (χ1n) is 5.15. The smallest absolute Gasteiger partial charge is 0.339 e. The van der Waals surface area contributed by atoms with Gasteiger partial charge in [-0.05, 0) is 18.6 Å². The van der Waals surface area contributed by atoms with Crippen molar-refractivity contribution in [2.24, 2.45) is 0 Å². The second kappa shape index (κ2) is 6.67. The number of carbonyl (C=O) groups excluding carboxylic acids is 2. The van der Waals surface area contributed by atoms with Crippen LogP contribution >= 0.6 is 24.2 Å². The van der Waals surface area contributed by atoms with E-state index in [0.29, 0.717) is 22.6 Å². The quantitative estimate of drug-likeness (QED) is 0.509. The summed E-state index contributed by atoms with van der Waals surface area (Å²) >= 11 is 9.70. The normalized spacial score (nSPS) is 10.1. The molecule has 0 bridgehead atoms. The van der Waals surface area contributed by atoms with Crippen LogP contribution in [0.3, 0.4) is 0 Å². The number of halogens is 1. The summed E-state index contributed by atoms with van der Waals surface area (Å²) in [6, 6.07) is 5.06. The minimum absolute atomic E-state index is 0.0448. The summed E-state index contributed by atoms with van der Waals surface area (Å²) < 4.78 is 4.90. The molecule has 17 heavy (non-hydrogen) atoms. The monoisotopic (exact) mass is 272 g/mol. The van der Waals surface area contributed by atoms with Crippen molar-refractivity contribution in [3.8, 4) is 0 Å². The van der Waals surface area contributed by atoms with Gasteiger partial charge in [0.25, 0.3) is 0 Å². The molecule has 0 spiro atoms. The van der Waals surface area contributed by atoms with Crippen molar-refractivity contribution in [3.05, 3.63) is 29.3 Å². The maximum absolute atomic E-state index is 11.6. The van der Waals surface area contributed by atoms with Gasteiger partial charge in [0.15, 0.2) is 5.78 Å². The standard InChI is InChI=1S/C12H13ClO3S/c1-2-16-12(15)10-5-3-4-8(11(10)17)6-9(14)7-13/h3-5,17H,2,6-7H2,1H3. The average molecular weight is 273 g/mol. The van der Waals surface area contributed by atoms with E-state index in [2.05, 4.69) is 12.6 Å². The average Bonchev–Trinajstić information content (AvgIpc) is 2.32. The summed E-state index contributed by atoms with van der Waals surface area (Å²) in [5.74, 6) is -0.586. The van der Waals surface area contributed by atoms with Crippen LogP contribution < -0.4 is 0 Å². The third kappa shape index (κ3) is 3.75. The molecule has 0 amide bonds. The molecule has 92 valence electrons. The molecule has 5 heteroatoms. The van der Waals surface area contributed by atoms with Crippen LogP contribution in [-0.2, 0) is 16.0 Å². The van der Waals surface area contributed by atoms with Gasteiger partial charge in [-0.2, -0.15) is 0 Å². The summed E-state index contributed by atoms with van der Waals surface area (Å²) in [6.45, 7) is 2.04. The third-order valence-corrected chi connectivity index (χ3v) is 2.98. The van der Waals surface area contributed by atoms with Crippen LogP contribution in [0.15, 0.2) is 23.1 Å². The summed E-state index contributed by atoms with van der Waals surface area (Å²) in [5, 5.41) is 0. The predicted octanol–water partition coefficient (Wildman–Crippen LogP) is 2.50. The number of rotatable bonds is 5. The van der Waals surface area contributed by atoms with Crippen molar-refractivity contribution in [3.63, 3.8) is 0 Å². The van der Waals surface area contributed by atoms with Crippen LogP contribution in [0.25, 0.3) is 0 Å². The maximum Gasteiger partial charge on any atom is 0.339 e. The molecule has 1 aromatic carbocycles. The molecular weight excluding hydrogens is 260 g/mol. The maximum atomic E-state index is 11.6. The van der Waals surface area contributed by atoms with Crippen molar-refractivity contribution >= 4 is 36.0 Å². The summed E-state index contributed by atoms with van der Waals surface area (Å²) in [4.78, 5) is 23.3. The molecule has 1 aromatic rings. The molecule has 0 saturated carbocycles. The van der Waals surface area contributed by atoms with Gasteiger partial charge in [0.1, 0.15) is 0 Å². The van der Waals surface area contributed by atoms with Crippen molar-refractivity contribution in [1.82, 2.24) is 0 Å². The zero-order valence-electron chi connectivity index (χ0n) is 9.40. The van der Waals surface area contributed by atoms with Crippen molar-refractivity contribution in [2.45, 2.75) is 18.2 Å². The van der Waals surface area contributed by atoms with E-state index in [-0.39, 0.29) is 18.1 Å². The number of hydrogen-bond donors (Lipinski definition) is 1. The lowest BCUT2D eigenvalue weighted by Gasteiger charge is -2.08. The highest BCUT2D eigenvalue weighted by Crippen LogP contribution is 2.21. The van der Waals surface area contributed by atoms with E-state index in [1.165, 1.54) is 0 Å². The minimum atomic E-state index is -0.433. The Kier molecular flexibility index (Phi) is 5.51. The molecule has 0 atom stereocenters. The predicted molar refractivity (Wildman–Crippen MR) is 69.1 cm³/mol. The Balaban J connectivity index is 2.98. The number of thiol groups is 1. The second-order valence-corrected chi connectivity index (χ2v) is 4.10. The lowest BCUT2D eigenvalue weighted by atomic mass is 10.1. The SMILES string of the molecule is CCOC(=O)c1cccc(CC(=O)CCl)c1S. The van der Waals surface area contributed by atoms with Crippen LogP contribution in [-0.4, -0.2) is 24.2 Å². The fourth-order valence-corrected chi connectivity index (χ4v) is 1.78. The van der Waals surface area contributed by atoms with Crippen molar-refractivity contribution < 1.29 is 14.3 Å². The number of ketones is 1. The summed E-state index contributed by atoms with van der Waals surface area (Å²) in [7, 11) is 0. The number of esters is 1. The fourth-order valence-electron chi connectivity index (χ4n) is 1.37. The summed E-state index contributed by atoms with van der Waals surface area (Å²) in [6.07, 6.45) is 0.176. The summed E-state index contributed by atoms with van der Waals surface area (Å²) in [5.41, 5.74) is 1.06. The molecule has 0 aromatic heterocycles. The molecule has 0 radical (unpaired) electrons. The number of ether oxygens (including phenoxy) is 1. The zero-order chi connectivity index (χ0) is 12.8. The Morgan fingerprint density at radius 1 is 1.41 bits per heavy atom. The fraction of sp³-hybridized carbons (Fsp3) is 0.333. The van der Waals surface area contributed by atoms with Gasteiger partial charge in [0.2, 0.25) is 0 Å². The first-order chi connectivity index (χ1) is 8.10. The molecule has 3 nitrogen and oxygen atoms in total. The Bertz CT molecular complexity index is 432. The second-order valence-electron chi connectivity index (χ2n) is 3.38. The van der Waals surface area contributed by atoms with Gasteiger partial charge in [0, 0.05) is 11.3 Å². The van der Waals surface area contributed by atoms with Gasteiger partial charge < -0.3 is 4.74 Å². The molecule has 0 unspecified atom stereocenters. The Morgan fingerprint density at radius 2 is 2.12 bits per heavy atom. The Morgan fingerprint density at radius 3 is 2.71 bits per heavy atom. The molecule has 0 N–H and O–H groups in total. The van der Waals surface area contributed by atoms with Gasteiger partial charge in [-0.1, -0.05) is 12.1 Å². The van der Waals surface area contributed by atoms with E-state index in [4.69, 9.17) is 16.3 Å². The van der Waals surface area contributed by atoms with E-state index in [1.807, 2.05) is 0 Å². The first kappa shape index (κ1) is 14.1. The van der Waals surface area contributed by atoms with E-state index in [9.17, 15) is 9.59 Å². The topological polar surface area (TPSA) is 43.4 Å². The van der Waals surface area contributed by atoms with Crippen molar-refractivity contribution in [2.75, 3.05) is 12.5 Å². The highest BCUT2D eigenvalue weighted by atomic mass is 35.5. The van der Waals surface area contributed by atoms with Gasteiger partial charge in [0.05, 0.1) is 18.1 Å². The number of carbonyl (C=O) groups is 2. The Hall–Kier alpha value is -1.00. The molecule has 0 fully saturated rings. The van der Waals surface area contributed by atoms with Crippen LogP contribution in [0.4, 0.5) is 0 Å². The zero-order valence-corrected chi connectivity index (χ0v) is 11.1. The number of hydrogen-bond acceptors (Lipinski definition) is 4. The van der Waals surface area contributed by atoms with E-state index >= 15 is 0 Å². The van der Waals surface area contributed by atoms with E-state index in [0.717, 1.165) is 0 Å². The highest BCUT2D eigenvalue weighted by Gasteiger charge is 2.14. The van der Waals surface area contributed by atoms with Crippen molar-refractivity contribution in [1.29, 1.82) is 0 Å². The molecule has 0 heterocycles. The lowest BCUT2D eigenvalue weighted by Crippen LogP contribution is -2.09. The number of benzene rings is 1. The van der Waals surface area contributed by atoms with Gasteiger partial charge in [-0.25, -0.2) is 4.79 Å². The molecular formula is C12H13ClO3S. The van der Waals surface area contributed by atoms with Crippen LogP contribution in [0.1, 0.15) is 22.8 Å². The van der Waals surface area contributed by atoms with E-state index < -0.39 is 5.97 Å². The first-order valence-corrected chi connectivity index (χ1v) is 6.14. The van der Waals surface area contributed by atoms with Crippen LogP contribution in [0, 0.1) is 0 Å². The van der Waals surface area contributed by atoms with E-state index in [1.54, 1.807) is 25.1 Å². The molecule has 0 saturated heterocycles.